The number of ether oxygens (including phenoxy) is 2. The number of benzene rings is 2. The SMILES string of the molecule is COCCNC(=O)[C@H](NC(=O)c1ccccc1Cl)C1CCN(C(=O)c2ccc(OC)cc2)CC1. The van der Waals surface area contributed by atoms with Crippen LogP contribution in [-0.4, -0.2) is 69.1 Å². The van der Waals surface area contributed by atoms with Gasteiger partial charge in [0.05, 0.1) is 24.3 Å². The molecule has 2 N–H and O–H groups in total. The monoisotopic (exact) mass is 487 g/mol. The molecule has 182 valence electrons. The fourth-order valence-corrected chi connectivity index (χ4v) is 4.22. The summed E-state index contributed by atoms with van der Waals surface area (Å²) in [6.07, 6.45) is 1.15. The molecule has 2 aromatic rings. The molecule has 2 aromatic carbocycles. The highest BCUT2D eigenvalue weighted by Gasteiger charge is 2.34. The van der Waals surface area contributed by atoms with Crippen LogP contribution in [-0.2, 0) is 9.53 Å². The van der Waals surface area contributed by atoms with E-state index in [2.05, 4.69) is 10.6 Å². The molecule has 1 aliphatic rings. The topological polar surface area (TPSA) is 97.0 Å². The van der Waals surface area contributed by atoms with Gasteiger partial charge < -0.3 is 25.0 Å². The molecule has 34 heavy (non-hydrogen) atoms. The fourth-order valence-electron chi connectivity index (χ4n) is 4.00. The first kappa shape index (κ1) is 25.5. The molecule has 9 heteroatoms. The molecule has 0 spiro atoms. The van der Waals surface area contributed by atoms with Gasteiger partial charge in [0.15, 0.2) is 0 Å². The van der Waals surface area contributed by atoms with Crippen LogP contribution in [0.25, 0.3) is 0 Å². The highest BCUT2D eigenvalue weighted by Crippen LogP contribution is 2.24. The van der Waals surface area contributed by atoms with Gasteiger partial charge in [0.1, 0.15) is 11.8 Å². The number of nitrogens with one attached hydrogen (secondary N) is 2. The number of carbonyl (C=O) groups is 3. The van der Waals surface area contributed by atoms with Crippen molar-refractivity contribution in [1.29, 1.82) is 0 Å². The minimum atomic E-state index is -0.751. The van der Waals surface area contributed by atoms with Gasteiger partial charge in [0.25, 0.3) is 11.8 Å². The summed E-state index contributed by atoms with van der Waals surface area (Å²) in [5.41, 5.74) is 0.895. The number of hydrogen-bond acceptors (Lipinski definition) is 5. The molecule has 0 bridgehead atoms. The largest absolute Gasteiger partial charge is 0.497 e. The van der Waals surface area contributed by atoms with E-state index in [4.69, 9.17) is 21.1 Å². The van der Waals surface area contributed by atoms with Crippen molar-refractivity contribution in [2.24, 2.45) is 5.92 Å². The maximum absolute atomic E-state index is 13.0. The Morgan fingerprint density at radius 3 is 2.35 bits per heavy atom. The highest BCUT2D eigenvalue weighted by molar-refractivity contribution is 6.33. The normalized spacial score (nSPS) is 14.9. The molecule has 8 nitrogen and oxygen atoms in total. The third-order valence-corrected chi connectivity index (χ3v) is 6.26. The van der Waals surface area contributed by atoms with E-state index in [9.17, 15) is 14.4 Å². The van der Waals surface area contributed by atoms with E-state index in [1.807, 2.05) is 0 Å². The van der Waals surface area contributed by atoms with Crippen molar-refractivity contribution in [3.05, 3.63) is 64.7 Å². The Bertz CT molecular complexity index is 990. The summed E-state index contributed by atoms with van der Waals surface area (Å²) < 4.78 is 10.2. The molecule has 0 unspecified atom stereocenters. The van der Waals surface area contributed by atoms with E-state index in [0.29, 0.717) is 61.0 Å². The first-order valence-corrected chi connectivity index (χ1v) is 11.6. The Labute approximate surface area is 204 Å². The van der Waals surface area contributed by atoms with Gasteiger partial charge in [-0.05, 0) is 55.2 Å². The summed E-state index contributed by atoms with van der Waals surface area (Å²) in [6.45, 7) is 1.67. The van der Waals surface area contributed by atoms with Crippen molar-refractivity contribution in [1.82, 2.24) is 15.5 Å². The minimum absolute atomic E-state index is 0.0673. The molecule has 1 aliphatic heterocycles. The van der Waals surface area contributed by atoms with Crippen LogP contribution in [0.15, 0.2) is 48.5 Å². The number of methoxy groups -OCH3 is 2. The zero-order valence-electron chi connectivity index (χ0n) is 19.4. The van der Waals surface area contributed by atoms with E-state index in [-0.39, 0.29) is 17.7 Å². The van der Waals surface area contributed by atoms with Crippen LogP contribution in [0.5, 0.6) is 5.75 Å². The second-order valence-corrected chi connectivity index (χ2v) is 8.48. The summed E-state index contributed by atoms with van der Waals surface area (Å²) in [5.74, 6) is -0.199. The van der Waals surface area contributed by atoms with Crippen molar-refractivity contribution in [3.63, 3.8) is 0 Å². The predicted molar refractivity (Wildman–Crippen MR) is 129 cm³/mol. The Morgan fingerprint density at radius 2 is 1.74 bits per heavy atom. The number of carbonyl (C=O) groups excluding carboxylic acids is 3. The standard InChI is InChI=1S/C25H30ClN3O5/c1-33-16-13-27-24(31)22(28-23(30)20-5-3-4-6-21(20)26)17-11-14-29(15-12-17)25(32)18-7-9-19(34-2)10-8-18/h3-10,17,22H,11-16H2,1-2H3,(H,27,31)(H,28,30)/t22-/m1/s1. The first-order chi connectivity index (χ1) is 16.4. The molecule has 0 radical (unpaired) electrons. The molecular weight excluding hydrogens is 458 g/mol. The maximum atomic E-state index is 13.0. The van der Waals surface area contributed by atoms with Crippen molar-refractivity contribution in [2.45, 2.75) is 18.9 Å². The average Bonchev–Trinajstić information content (AvgIpc) is 2.87. The molecule has 3 amide bonds. The molecule has 0 aliphatic carbocycles. The lowest BCUT2D eigenvalue weighted by molar-refractivity contribution is -0.124. The number of piperidine rings is 1. The third-order valence-electron chi connectivity index (χ3n) is 5.93. The van der Waals surface area contributed by atoms with Gasteiger partial charge in [-0.25, -0.2) is 0 Å². The van der Waals surface area contributed by atoms with Crippen LogP contribution >= 0.6 is 11.6 Å². The Kier molecular flexibility index (Phi) is 9.30. The van der Waals surface area contributed by atoms with Gasteiger partial charge in [0, 0.05) is 32.3 Å². The average molecular weight is 488 g/mol. The van der Waals surface area contributed by atoms with E-state index < -0.39 is 11.9 Å². The summed E-state index contributed by atoms with van der Waals surface area (Å²) in [7, 11) is 3.13. The van der Waals surface area contributed by atoms with Crippen LogP contribution in [0.1, 0.15) is 33.6 Å². The van der Waals surface area contributed by atoms with Gasteiger partial charge in [-0.1, -0.05) is 23.7 Å². The van der Waals surface area contributed by atoms with E-state index in [0.717, 1.165) is 0 Å². The highest BCUT2D eigenvalue weighted by atomic mass is 35.5. The van der Waals surface area contributed by atoms with Crippen LogP contribution in [0.4, 0.5) is 0 Å². The number of halogens is 1. The Balaban J connectivity index is 1.67. The number of likely N-dealkylation sites (tertiary alicyclic amines) is 1. The summed E-state index contributed by atoms with van der Waals surface area (Å²) >= 11 is 6.17. The van der Waals surface area contributed by atoms with Gasteiger partial charge >= 0.3 is 0 Å². The van der Waals surface area contributed by atoms with Gasteiger partial charge in [-0.15, -0.1) is 0 Å². The lowest BCUT2D eigenvalue weighted by Crippen LogP contribution is -2.54. The predicted octanol–water partition coefficient (Wildman–Crippen LogP) is 2.76. The summed E-state index contributed by atoms with van der Waals surface area (Å²) in [6, 6.07) is 12.9. The van der Waals surface area contributed by atoms with Gasteiger partial charge in [-0.2, -0.15) is 0 Å². The minimum Gasteiger partial charge on any atom is -0.497 e. The number of nitrogens with zero attached hydrogens (tertiary/aromatic N) is 1. The van der Waals surface area contributed by atoms with Gasteiger partial charge in [0.2, 0.25) is 5.91 Å². The van der Waals surface area contributed by atoms with Crippen LogP contribution in [0.3, 0.4) is 0 Å². The lowest BCUT2D eigenvalue weighted by atomic mass is 9.88. The van der Waals surface area contributed by atoms with Crippen molar-refractivity contribution in [2.75, 3.05) is 40.5 Å². The molecule has 1 fully saturated rings. The van der Waals surface area contributed by atoms with Crippen LogP contribution in [0, 0.1) is 5.92 Å². The Hall–Kier alpha value is -3.10. The van der Waals surface area contributed by atoms with Crippen molar-refractivity contribution < 1.29 is 23.9 Å². The first-order valence-electron chi connectivity index (χ1n) is 11.2. The Morgan fingerprint density at radius 1 is 1.06 bits per heavy atom. The molecule has 3 rings (SSSR count). The quantitative estimate of drug-likeness (QED) is 0.530. The van der Waals surface area contributed by atoms with Crippen molar-refractivity contribution in [3.8, 4) is 5.75 Å². The van der Waals surface area contributed by atoms with Crippen molar-refractivity contribution >= 4 is 29.3 Å². The van der Waals surface area contributed by atoms with E-state index in [1.54, 1.807) is 67.7 Å². The van der Waals surface area contributed by atoms with E-state index >= 15 is 0 Å². The molecule has 1 atom stereocenters. The van der Waals surface area contributed by atoms with E-state index in [1.165, 1.54) is 0 Å². The second-order valence-electron chi connectivity index (χ2n) is 8.07. The smallest absolute Gasteiger partial charge is 0.253 e. The number of amides is 3. The van der Waals surface area contributed by atoms with Gasteiger partial charge in [-0.3, -0.25) is 14.4 Å². The molecule has 0 aromatic heterocycles. The van der Waals surface area contributed by atoms with Crippen LogP contribution < -0.4 is 15.4 Å². The molecule has 1 saturated heterocycles. The van der Waals surface area contributed by atoms with Crippen LogP contribution in [0.2, 0.25) is 5.02 Å². The second kappa shape index (κ2) is 12.4. The zero-order valence-corrected chi connectivity index (χ0v) is 20.1. The molecular formula is C25H30ClN3O5. The summed E-state index contributed by atoms with van der Waals surface area (Å²) in [4.78, 5) is 40.5. The molecule has 0 saturated carbocycles. The molecule has 1 heterocycles. The zero-order chi connectivity index (χ0) is 24.5. The number of hydrogen-bond donors (Lipinski definition) is 2. The fraction of sp³-hybridized carbons (Fsp3) is 0.400. The summed E-state index contributed by atoms with van der Waals surface area (Å²) in [5, 5.41) is 6.00. The number of rotatable bonds is 9. The lowest BCUT2D eigenvalue weighted by Gasteiger charge is -2.36. The maximum Gasteiger partial charge on any atom is 0.253 e. The third kappa shape index (κ3) is 6.48.